The lowest BCUT2D eigenvalue weighted by Crippen LogP contribution is -2.10. The molecule has 0 aliphatic rings. The molecule has 10 aromatic carbocycles. The lowest BCUT2D eigenvalue weighted by Gasteiger charge is -2.28. The van der Waals surface area contributed by atoms with Crippen molar-refractivity contribution >= 4 is 66.4 Å². The lowest BCUT2D eigenvalue weighted by atomic mass is 9.84. The Hall–Kier alpha value is -7.42. The molecule has 0 saturated carbocycles. The van der Waals surface area contributed by atoms with Crippen LogP contribution in [-0.2, 0) is 0 Å². The number of para-hydroxylation sites is 4. The maximum absolute atomic E-state index is 2.41. The highest BCUT2D eigenvalue weighted by Crippen LogP contribution is 2.49. The van der Waals surface area contributed by atoms with E-state index in [9.17, 15) is 0 Å². The van der Waals surface area contributed by atoms with Gasteiger partial charge in [-0.3, -0.25) is 0 Å². The molecule has 0 fully saturated rings. The standard InChI is InChI=1S/C54H38N2/c1-6-20-40(21-7-1)53-49-35-33-46(56(43-27-12-4-13-28-43)44-29-14-5-15-30-44)38-52(49)54(48-32-18-22-39-19-16-17-31-47(39)48)50-36-34-45(37-51(50)53)55(41-23-8-2-9-24-41)42-25-10-3-11-26-42/h1-38H. The van der Waals surface area contributed by atoms with Gasteiger partial charge in [0.1, 0.15) is 0 Å². The SMILES string of the molecule is c1ccc(-c2c3cc(N(c4ccccc4)c4ccccc4)ccc3c(-c3cccc4ccccc34)c3cc(N(c4ccccc4)c4ccccc4)ccc23)cc1. The first kappa shape index (κ1) is 33.2. The molecule has 0 aliphatic carbocycles. The van der Waals surface area contributed by atoms with Crippen LogP contribution in [0.5, 0.6) is 0 Å². The van der Waals surface area contributed by atoms with E-state index in [0.29, 0.717) is 0 Å². The number of benzene rings is 10. The molecule has 0 N–H and O–H groups in total. The molecule has 0 radical (unpaired) electrons. The Balaban J connectivity index is 1.33. The molecule has 264 valence electrons. The Bertz CT molecular complexity index is 2860. The Morgan fingerprint density at radius 2 is 0.625 bits per heavy atom. The third-order valence-electron chi connectivity index (χ3n) is 10.8. The van der Waals surface area contributed by atoms with Crippen LogP contribution in [0.25, 0.3) is 54.6 Å². The van der Waals surface area contributed by atoms with Gasteiger partial charge in [0.25, 0.3) is 0 Å². The zero-order valence-corrected chi connectivity index (χ0v) is 30.8. The molecule has 0 amide bonds. The summed E-state index contributed by atoms with van der Waals surface area (Å²) < 4.78 is 0. The molecule has 2 nitrogen and oxygen atoms in total. The molecule has 0 atom stereocenters. The first-order valence-corrected chi connectivity index (χ1v) is 19.2. The summed E-state index contributed by atoms with van der Waals surface area (Å²) in [4.78, 5) is 4.72. The summed E-state index contributed by atoms with van der Waals surface area (Å²) in [6, 6.07) is 83.2. The summed E-state index contributed by atoms with van der Waals surface area (Å²) in [5.74, 6) is 0. The zero-order valence-electron chi connectivity index (χ0n) is 30.8. The normalized spacial score (nSPS) is 11.2. The van der Waals surface area contributed by atoms with E-state index in [0.717, 1.165) is 34.1 Å². The van der Waals surface area contributed by atoms with Crippen molar-refractivity contribution in [1.29, 1.82) is 0 Å². The third-order valence-corrected chi connectivity index (χ3v) is 10.8. The topological polar surface area (TPSA) is 6.48 Å². The van der Waals surface area contributed by atoms with E-state index in [2.05, 4.69) is 240 Å². The summed E-state index contributed by atoms with van der Waals surface area (Å²) in [5, 5.41) is 7.29. The second kappa shape index (κ2) is 14.4. The fourth-order valence-corrected chi connectivity index (χ4v) is 8.33. The van der Waals surface area contributed by atoms with Crippen LogP contribution in [0, 0.1) is 0 Å². The summed E-state index contributed by atoms with van der Waals surface area (Å²) >= 11 is 0. The fraction of sp³-hybridized carbons (Fsp3) is 0. The van der Waals surface area contributed by atoms with Crippen LogP contribution in [0.3, 0.4) is 0 Å². The second-order valence-corrected chi connectivity index (χ2v) is 14.1. The number of rotatable bonds is 8. The van der Waals surface area contributed by atoms with Crippen molar-refractivity contribution in [1.82, 2.24) is 0 Å². The lowest BCUT2D eigenvalue weighted by molar-refractivity contribution is 1.29. The van der Waals surface area contributed by atoms with Crippen LogP contribution in [-0.4, -0.2) is 0 Å². The van der Waals surface area contributed by atoms with Crippen LogP contribution in [0.15, 0.2) is 231 Å². The highest BCUT2D eigenvalue weighted by atomic mass is 15.1. The van der Waals surface area contributed by atoms with E-state index in [4.69, 9.17) is 0 Å². The predicted octanol–water partition coefficient (Wildman–Crippen LogP) is 15.4. The van der Waals surface area contributed by atoms with Crippen molar-refractivity contribution in [3.05, 3.63) is 231 Å². The molecule has 2 heteroatoms. The Kier molecular flexibility index (Phi) is 8.55. The molecular weight excluding hydrogens is 677 g/mol. The van der Waals surface area contributed by atoms with E-state index < -0.39 is 0 Å². The minimum absolute atomic E-state index is 1.10. The molecule has 0 saturated heterocycles. The smallest absolute Gasteiger partial charge is 0.0468 e. The highest BCUT2D eigenvalue weighted by Gasteiger charge is 2.22. The predicted molar refractivity (Wildman–Crippen MR) is 239 cm³/mol. The maximum atomic E-state index is 2.41. The highest BCUT2D eigenvalue weighted by molar-refractivity contribution is 6.24. The zero-order chi connectivity index (χ0) is 37.3. The molecule has 0 aliphatic heterocycles. The number of hydrogen-bond donors (Lipinski definition) is 0. The van der Waals surface area contributed by atoms with Gasteiger partial charge in [-0.25, -0.2) is 0 Å². The Labute approximate surface area is 327 Å². The van der Waals surface area contributed by atoms with Crippen molar-refractivity contribution < 1.29 is 0 Å². The monoisotopic (exact) mass is 714 g/mol. The van der Waals surface area contributed by atoms with Crippen LogP contribution in [0.1, 0.15) is 0 Å². The van der Waals surface area contributed by atoms with Crippen molar-refractivity contribution in [2.45, 2.75) is 0 Å². The van der Waals surface area contributed by atoms with E-state index in [1.165, 1.54) is 54.6 Å². The van der Waals surface area contributed by atoms with Crippen LogP contribution in [0.2, 0.25) is 0 Å². The van der Waals surface area contributed by atoms with Gasteiger partial charge in [0.2, 0.25) is 0 Å². The fourth-order valence-electron chi connectivity index (χ4n) is 8.33. The van der Waals surface area contributed by atoms with Crippen LogP contribution >= 0.6 is 0 Å². The minimum atomic E-state index is 1.10. The molecule has 10 rings (SSSR count). The second-order valence-electron chi connectivity index (χ2n) is 14.1. The summed E-state index contributed by atoms with van der Waals surface area (Å²) in [6.07, 6.45) is 0. The molecular formula is C54H38N2. The van der Waals surface area contributed by atoms with Gasteiger partial charge in [-0.2, -0.15) is 0 Å². The van der Waals surface area contributed by atoms with Gasteiger partial charge in [0.15, 0.2) is 0 Å². The molecule has 56 heavy (non-hydrogen) atoms. The molecule has 0 heterocycles. The maximum Gasteiger partial charge on any atom is 0.0468 e. The van der Waals surface area contributed by atoms with Crippen molar-refractivity contribution in [2.75, 3.05) is 9.80 Å². The molecule has 10 aromatic rings. The van der Waals surface area contributed by atoms with Gasteiger partial charge in [0.05, 0.1) is 0 Å². The number of nitrogens with zero attached hydrogens (tertiary/aromatic N) is 2. The molecule has 0 spiro atoms. The van der Waals surface area contributed by atoms with Gasteiger partial charge in [-0.05, 0) is 127 Å². The van der Waals surface area contributed by atoms with E-state index in [-0.39, 0.29) is 0 Å². The van der Waals surface area contributed by atoms with Gasteiger partial charge in [-0.1, -0.05) is 158 Å². The first-order chi connectivity index (χ1) is 27.8. The summed E-state index contributed by atoms with van der Waals surface area (Å²) in [7, 11) is 0. The summed E-state index contributed by atoms with van der Waals surface area (Å²) in [6.45, 7) is 0. The van der Waals surface area contributed by atoms with Crippen molar-refractivity contribution in [3.8, 4) is 22.3 Å². The van der Waals surface area contributed by atoms with Crippen LogP contribution < -0.4 is 9.80 Å². The number of fused-ring (bicyclic) bond motifs is 3. The van der Waals surface area contributed by atoms with Gasteiger partial charge < -0.3 is 9.80 Å². The molecule has 0 bridgehead atoms. The van der Waals surface area contributed by atoms with Crippen molar-refractivity contribution in [3.63, 3.8) is 0 Å². The largest absolute Gasteiger partial charge is 0.310 e. The minimum Gasteiger partial charge on any atom is -0.310 e. The number of anilines is 6. The van der Waals surface area contributed by atoms with E-state index in [1.54, 1.807) is 0 Å². The average molecular weight is 715 g/mol. The first-order valence-electron chi connectivity index (χ1n) is 19.2. The van der Waals surface area contributed by atoms with E-state index >= 15 is 0 Å². The Morgan fingerprint density at radius 1 is 0.232 bits per heavy atom. The van der Waals surface area contributed by atoms with E-state index in [1.807, 2.05) is 0 Å². The average Bonchev–Trinajstić information content (AvgIpc) is 3.27. The quantitative estimate of drug-likeness (QED) is 0.145. The van der Waals surface area contributed by atoms with Gasteiger partial charge in [-0.15, -0.1) is 0 Å². The van der Waals surface area contributed by atoms with Crippen molar-refractivity contribution in [2.24, 2.45) is 0 Å². The Morgan fingerprint density at radius 3 is 1.12 bits per heavy atom. The molecule has 0 unspecified atom stereocenters. The summed E-state index contributed by atoms with van der Waals surface area (Å²) in [5.41, 5.74) is 11.5. The number of hydrogen-bond acceptors (Lipinski definition) is 2. The van der Waals surface area contributed by atoms with Crippen LogP contribution in [0.4, 0.5) is 34.1 Å². The third kappa shape index (κ3) is 5.95. The van der Waals surface area contributed by atoms with Gasteiger partial charge in [0, 0.05) is 34.1 Å². The molecule has 0 aromatic heterocycles. The van der Waals surface area contributed by atoms with Gasteiger partial charge >= 0.3 is 0 Å².